The van der Waals surface area contributed by atoms with E-state index in [4.69, 9.17) is 9.94 Å². The molecule has 1 atom stereocenters. The number of hydrogen-bond acceptors (Lipinski definition) is 8. The number of benzene rings is 2. The summed E-state index contributed by atoms with van der Waals surface area (Å²) in [4.78, 5) is 24.5. The predicted octanol–water partition coefficient (Wildman–Crippen LogP) is 1.92. The lowest BCUT2D eigenvalue weighted by molar-refractivity contribution is -0.139. The minimum Gasteiger partial charge on any atom is -0.497 e. The number of methoxy groups -OCH3 is 1. The van der Waals surface area contributed by atoms with Crippen LogP contribution in [0.2, 0.25) is 0 Å². The Bertz CT molecular complexity index is 1310. The fourth-order valence-electron chi connectivity index (χ4n) is 3.50. The Hall–Kier alpha value is -3.81. The van der Waals surface area contributed by atoms with E-state index in [1.165, 1.54) is 19.2 Å². The lowest BCUT2D eigenvalue weighted by Crippen LogP contribution is -2.37. The molecule has 1 unspecified atom stereocenters. The Morgan fingerprint density at radius 3 is 2.32 bits per heavy atom. The number of carbonyl (C=O) groups excluding carboxylic acids is 2. The molecule has 198 valence electrons. The Balaban J connectivity index is 1.56. The average Bonchev–Trinajstić information content (AvgIpc) is 3.34. The van der Waals surface area contributed by atoms with E-state index < -0.39 is 27.8 Å². The SMILES string of the molecule is COc1ccc(S(=O)(=O)NCc2cn(Cc3ccc(NC(=O)C(CC(C)C)C(=O)NO)cc3)nn2)cc1. The molecule has 0 aliphatic heterocycles. The summed E-state index contributed by atoms with van der Waals surface area (Å²) in [5.74, 6) is -1.63. The van der Waals surface area contributed by atoms with Crippen molar-refractivity contribution in [3.05, 3.63) is 66.0 Å². The zero-order chi connectivity index (χ0) is 27.0. The lowest BCUT2D eigenvalue weighted by atomic mass is 9.95. The molecule has 3 aromatic rings. The van der Waals surface area contributed by atoms with Gasteiger partial charge in [0.25, 0.3) is 5.91 Å². The number of nitrogens with zero attached hydrogens (tertiary/aromatic N) is 3. The Labute approximate surface area is 215 Å². The van der Waals surface area contributed by atoms with Crippen LogP contribution in [0.3, 0.4) is 0 Å². The fraction of sp³-hybridized carbons (Fsp3) is 0.333. The first kappa shape index (κ1) is 27.8. The van der Waals surface area contributed by atoms with Crippen molar-refractivity contribution < 1.29 is 28.0 Å². The van der Waals surface area contributed by atoms with Gasteiger partial charge in [-0.15, -0.1) is 5.10 Å². The molecule has 2 amide bonds. The van der Waals surface area contributed by atoms with E-state index in [0.717, 1.165) is 5.56 Å². The molecule has 0 spiro atoms. The minimum absolute atomic E-state index is 0.0295. The fourth-order valence-corrected chi connectivity index (χ4v) is 4.50. The van der Waals surface area contributed by atoms with Gasteiger partial charge >= 0.3 is 0 Å². The van der Waals surface area contributed by atoms with Crippen molar-refractivity contribution in [3.8, 4) is 5.75 Å². The third kappa shape index (κ3) is 7.84. The van der Waals surface area contributed by atoms with E-state index in [0.29, 0.717) is 30.1 Å². The summed E-state index contributed by atoms with van der Waals surface area (Å²) in [7, 11) is -2.22. The highest BCUT2D eigenvalue weighted by Crippen LogP contribution is 2.18. The van der Waals surface area contributed by atoms with E-state index in [2.05, 4.69) is 20.4 Å². The molecule has 1 heterocycles. The van der Waals surface area contributed by atoms with Crippen LogP contribution in [0.5, 0.6) is 5.75 Å². The normalized spacial score (nSPS) is 12.2. The van der Waals surface area contributed by atoms with Gasteiger partial charge < -0.3 is 10.1 Å². The molecular formula is C24H30N6O6S. The minimum atomic E-state index is -3.72. The van der Waals surface area contributed by atoms with Gasteiger partial charge in [-0.2, -0.15) is 0 Å². The van der Waals surface area contributed by atoms with Crippen molar-refractivity contribution in [2.45, 2.75) is 38.3 Å². The van der Waals surface area contributed by atoms with Crippen LogP contribution in [-0.2, 0) is 32.7 Å². The van der Waals surface area contributed by atoms with Gasteiger partial charge in [0.2, 0.25) is 15.9 Å². The van der Waals surface area contributed by atoms with Gasteiger partial charge in [0.15, 0.2) is 0 Å². The van der Waals surface area contributed by atoms with Crippen LogP contribution in [-0.4, -0.2) is 47.5 Å². The zero-order valence-corrected chi connectivity index (χ0v) is 21.5. The predicted molar refractivity (Wildman–Crippen MR) is 134 cm³/mol. The summed E-state index contributed by atoms with van der Waals surface area (Å²) in [6.07, 6.45) is 1.93. The second-order valence-electron chi connectivity index (χ2n) is 8.75. The summed E-state index contributed by atoms with van der Waals surface area (Å²) in [5.41, 5.74) is 3.35. The topological polar surface area (TPSA) is 165 Å². The third-order valence-corrected chi connectivity index (χ3v) is 6.83. The first-order valence-corrected chi connectivity index (χ1v) is 13.0. The summed E-state index contributed by atoms with van der Waals surface area (Å²) < 4.78 is 34.1. The van der Waals surface area contributed by atoms with Crippen molar-refractivity contribution >= 4 is 27.5 Å². The van der Waals surface area contributed by atoms with Crippen LogP contribution in [0.1, 0.15) is 31.5 Å². The maximum atomic E-state index is 12.5. The molecule has 1 aromatic heterocycles. The maximum Gasteiger partial charge on any atom is 0.255 e. The van der Waals surface area contributed by atoms with Gasteiger partial charge in [0, 0.05) is 5.69 Å². The molecule has 0 saturated heterocycles. The molecule has 0 fully saturated rings. The number of hydroxylamine groups is 1. The van der Waals surface area contributed by atoms with E-state index in [9.17, 15) is 18.0 Å². The van der Waals surface area contributed by atoms with Crippen LogP contribution >= 0.6 is 0 Å². The second-order valence-corrected chi connectivity index (χ2v) is 10.5. The monoisotopic (exact) mass is 530 g/mol. The summed E-state index contributed by atoms with van der Waals surface area (Å²) in [5, 5.41) is 19.7. The third-order valence-electron chi connectivity index (χ3n) is 5.42. The van der Waals surface area contributed by atoms with E-state index in [1.807, 2.05) is 13.8 Å². The Morgan fingerprint density at radius 2 is 1.73 bits per heavy atom. The molecule has 4 N–H and O–H groups in total. The highest BCUT2D eigenvalue weighted by molar-refractivity contribution is 7.89. The van der Waals surface area contributed by atoms with Gasteiger partial charge in [-0.3, -0.25) is 14.8 Å². The standard InChI is InChI=1S/C24H30N6O6S/c1-16(2)12-22(24(32)28-33)23(31)26-18-6-4-17(5-7-18)14-30-15-19(27-29-30)13-25-37(34,35)21-10-8-20(36-3)9-11-21/h4-11,15-16,22,25,33H,12-14H2,1-3H3,(H,26,31)(H,28,32). The number of rotatable bonds is 12. The maximum absolute atomic E-state index is 12.5. The van der Waals surface area contributed by atoms with Gasteiger partial charge in [-0.25, -0.2) is 23.3 Å². The number of ether oxygens (including phenoxy) is 1. The molecule has 0 radical (unpaired) electrons. The van der Waals surface area contributed by atoms with E-state index in [1.54, 1.807) is 52.8 Å². The number of sulfonamides is 1. The van der Waals surface area contributed by atoms with Crippen molar-refractivity contribution in [1.29, 1.82) is 0 Å². The van der Waals surface area contributed by atoms with Crippen LogP contribution in [0, 0.1) is 11.8 Å². The molecule has 3 rings (SSSR count). The molecule has 0 saturated carbocycles. The smallest absolute Gasteiger partial charge is 0.255 e. The van der Waals surface area contributed by atoms with Crippen LogP contribution in [0.15, 0.2) is 59.6 Å². The van der Waals surface area contributed by atoms with Gasteiger partial charge in [0.1, 0.15) is 11.7 Å². The van der Waals surface area contributed by atoms with Gasteiger partial charge in [0.05, 0.1) is 37.0 Å². The Kier molecular flexibility index (Phi) is 9.33. The van der Waals surface area contributed by atoms with Crippen molar-refractivity contribution in [2.24, 2.45) is 11.8 Å². The number of amides is 2. The zero-order valence-electron chi connectivity index (χ0n) is 20.7. The number of nitrogens with one attached hydrogen (secondary N) is 3. The largest absolute Gasteiger partial charge is 0.497 e. The Morgan fingerprint density at radius 1 is 1.05 bits per heavy atom. The van der Waals surface area contributed by atoms with Crippen LogP contribution < -0.4 is 20.3 Å². The molecule has 0 aliphatic rings. The van der Waals surface area contributed by atoms with E-state index >= 15 is 0 Å². The average molecular weight is 531 g/mol. The number of anilines is 1. The highest BCUT2D eigenvalue weighted by Gasteiger charge is 2.27. The second kappa shape index (κ2) is 12.4. The molecule has 2 aromatic carbocycles. The first-order valence-electron chi connectivity index (χ1n) is 11.5. The summed E-state index contributed by atoms with van der Waals surface area (Å²) in [6, 6.07) is 13.0. The van der Waals surface area contributed by atoms with Crippen molar-refractivity contribution in [1.82, 2.24) is 25.2 Å². The highest BCUT2D eigenvalue weighted by atomic mass is 32.2. The quantitative estimate of drug-likeness (QED) is 0.157. The molecule has 0 bridgehead atoms. The lowest BCUT2D eigenvalue weighted by Gasteiger charge is -2.17. The molecule has 13 heteroatoms. The summed E-state index contributed by atoms with van der Waals surface area (Å²) in [6.45, 7) is 4.10. The molecule has 37 heavy (non-hydrogen) atoms. The van der Waals surface area contributed by atoms with Gasteiger partial charge in [-0.05, 0) is 54.3 Å². The van der Waals surface area contributed by atoms with Crippen LogP contribution in [0.25, 0.3) is 0 Å². The number of aromatic nitrogens is 3. The molecule has 0 aliphatic carbocycles. The van der Waals surface area contributed by atoms with Crippen molar-refractivity contribution in [3.63, 3.8) is 0 Å². The van der Waals surface area contributed by atoms with Crippen molar-refractivity contribution in [2.75, 3.05) is 12.4 Å². The van der Waals surface area contributed by atoms with E-state index in [-0.39, 0.29) is 17.4 Å². The van der Waals surface area contributed by atoms with Crippen LogP contribution in [0.4, 0.5) is 5.69 Å². The molecular weight excluding hydrogens is 500 g/mol. The number of hydrogen-bond donors (Lipinski definition) is 4. The summed E-state index contributed by atoms with van der Waals surface area (Å²) >= 11 is 0. The van der Waals surface area contributed by atoms with Gasteiger partial charge in [-0.1, -0.05) is 31.2 Å². The number of carbonyl (C=O) groups is 2. The molecule has 12 nitrogen and oxygen atoms in total. The first-order chi connectivity index (χ1) is 17.6.